The van der Waals surface area contributed by atoms with Crippen LogP contribution in [-0.4, -0.2) is 25.2 Å². The molecule has 0 aromatic rings. The molecule has 0 heterocycles. The zero-order valence-corrected chi connectivity index (χ0v) is 5.67. The molecule has 0 bridgehead atoms. The van der Waals surface area contributed by atoms with Crippen LogP contribution >= 0.6 is 0 Å². The van der Waals surface area contributed by atoms with Crippen molar-refractivity contribution in [3.63, 3.8) is 0 Å². The Bertz CT molecular complexity index is 249. The molecule has 0 saturated carbocycles. The van der Waals surface area contributed by atoms with Crippen molar-refractivity contribution in [3.8, 4) is 6.19 Å². The fraction of sp³-hybridized carbons (Fsp3) is 0.333. The molecule has 0 amide bonds. The Labute approximate surface area is 57.9 Å². The van der Waals surface area contributed by atoms with Crippen molar-refractivity contribution in [2.24, 2.45) is 4.99 Å². The smallest absolute Gasteiger partial charge is 0.284 e. The van der Waals surface area contributed by atoms with Crippen LogP contribution in [0.5, 0.6) is 0 Å². The summed E-state index contributed by atoms with van der Waals surface area (Å²) in [5, 5.41) is 9.79. The summed E-state index contributed by atoms with van der Waals surface area (Å²) in [5.74, 6) is -0.734. The molecule has 10 heavy (non-hydrogen) atoms. The summed E-state index contributed by atoms with van der Waals surface area (Å²) in [5.41, 5.74) is 0. The highest BCUT2D eigenvalue weighted by molar-refractivity contribution is 7.85. The van der Waals surface area contributed by atoms with Gasteiger partial charge in [-0.3, -0.25) is 14.9 Å². The average Bonchev–Trinajstić information content (AvgIpc) is 1.78. The SMILES string of the molecule is N#CNC=NCS(=O)(=O)O. The number of hydrogen-bond acceptors (Lipinski definition) is 4. The van der Waals surface area contributed by atoms with Crippen molar-refractivity contribution in [2.45, 2.75) is 0 Å². The summed E-state index contributed by atoms with van der Waals surface area (Å²) in [6.07, 6.45) is 2.36. The summed E-state index contributed by atoms with van der Waals surface area (Å²) in [6.45, 7) is 0. The zero-order valence-electron chi connectivity index (χ0n) is 4.85. The molecule has 0 radical (unpaired) electrons. The third-order valence-electron chi connectivity index (χ3n) is 0.458. The molecule has 7 heteroatoms. The largest absolute Gasteiger partial charge is 0.285 e. The van der Waals surface area contributed by atoms with Gasteiger partial charge in [0.1, 0.15) is 0 Å². The topological polar surface area (TPSA) is 103 Å². The van der Waals surface area contributed by atoms with Crippen molar-refractivity contribution < 1.29 is 13.0 Å². The Morgan fingerprint density at radius 1 is 1.80 bits per heavy atom. The second-order valence-electron chi connectivity index (χ2n) is 1.28. The van der Waals surface area contributed by atoms with Gasteiger partial charge in [0.05, 0.1) is 6.34 Å². The molecule has 0 atom stereocenters. The van der Waals surface area contributed by atoms with E-state index >= 15 is 0 Å². The van der Waals surface area contributed by atoms with Gasteiger partial charge in [0.25, 0.3) is 10.1 Å². The van der Waals surface area contributed by atoms with E-state index in [0.29, 0.717) is 0 Å². The molecule has 0 aliphatic rings. The molecule has 0 rings (SSSR count). The van der Waals surface area contributed by atoms with Crippen molar-refractivity contribution in [2.75, 3.05) is 5.88 Å². The lowest BCUT2D eigenvalue weighted by atomic mass is 11.1. The second-order valence-corrected chi connectivity index (χ2v) is 2.70. The molecule has 0 saturated heterocycles. The lowest BCUT2D eigenvalue weighted by Crippen LogP contribution is -2.05. The summed E-state index contributed by atoms with van der Waals surface area (Å²) < 4.78 is 27.9. The molecule has 2 N–H and O–H groups in total. The van der Waals surface area contributed by atoms with Crippen LogP contribution < -0.4 is 5.32 Å². The fourth-order valence-corrected chi connectivity index (χ4v) is 0.469. The van der Waals surface area contributed by atoms with Gasteiger partial charge >= 0.3 is 0 Å². The molecule has 56 valence electrons. The van der Waals surface area contributed by atoms with E-state index in [4.69, 9.17) is 9.81 Å². The van der Waals surface area contributed by atoms with Crippen LogP contribution in [0.2, 0.25) is 0 Å². The van der Waals surface area contributed by atoms with E-state index < -0.39 is 16.0 Å². The van der Waals surface area contributed by atoms with E-state index in [1.54, 1.807) is 0 Å². The molecular weight excluding hydrogens is 158 g/mol. The first-order valence-electron chi connectivity index (χ1n) is 2.14. The van der Waals surface area contributed by atoms with E-state index in [0.717, 1.165) is 6.34 Å². The Kier molecular flexibility index (Phi) is 3.38. The minimum Gasteiger partial charge on any atom is -0.284 e. The average molecular weight is 163 g/mol. The quantitative estimate of drug-likeness (QED) is 0.181. The zero-order chi connectivity index (χ0) is 8.04. The molecule has 0 spiro atoms. The molecule has 0 aromatic carbocycles. The first-order valence-corrected chi connectivity index (χ1v) is 3.75. The van der Waals surface area contributed by atoms with Crippen molar-refractivity contribution in [1.82, 2.24) is 5.32 Å². The predicted octanol–water partition coefficient (Wildman–Crippen LogP) is -1.07. The standard InChI is InChI=1S/C3H5N3O3S/c4-1-5-2-6-3-10(7,8)9/h2H,3H2,(H,5,6)(H,7,8,9). The van der Waals surface area contributed by atoms with Crippen LogP contribution in [0.25, 0.3) is 0 Å². The van der Waals surface area contributed by atoms with Gasteiger partial charge in [-0.1, -0.05) is 0 Å². The monoisotopic (exact) mass is 163 g/mol. The number of hydrogen-bond donors (Lipinski definition) is 2. The van der Waals surface area contributed by atoms with Gasteiger partial charge in [-0.15, -0.1) is 0 Å². The van der Waals surface area contributed by atoms with Crippen LogP contribution in [-0.2, 0) is 10.1 Å². The number of aliphatic imine (C=N–C) groups is 1. The third kappa shape index (κ3) is 6.87. The Hall–Kier alpha value is -1.13. The van der Waals surface area contributed by atoms with Gasteiger partial charge in [0.15, 0.2) is 12.1 Å². The molecule has 0 aliphatic heterocycles. The molecule has 6 nitrogen and oxygen atoms in total. The normalized spacial score (nSPS) is 11.2. The number of rotatable bonds is 3. The van der Waals surface area contributed by atoms with Crippen molar-refractivity contribution in [3.05, 3.63) is 0 Å². The molecule has 0 fully saturated rings. The van der Waals surface area contributed by atoms with E-state index in [1.807, 2.05) is 5.32 Å². The Morgan fingerprint density at radius 2 is 2.40 bits per heavy atom. The summed E-state index contributed by atoms with van der Waals surface area (Å²) in [7, 11) is -4.05. The third-order valence-corrected chi connectivity index (χ3v) is 0.933. The minimum atomic E-state index is -4.05. The van der Waals surface area contributed by atoms with Crippen LogP contribution in [0, 0.1) is 11.5 Å². The maximum atomic E-state index is 9.93. The molecule has 0 aromatic heterocycles. The molecule has 0 unspecified atom stereocenters. The van der Waals surface area contributed by atoms with Gasteiger partial charge in [0, 0.05) is 0 Å². The van der Waals surface area contributed by atoms with Gasteiger partial charge in [-0.2, -0.15) is 13.7 Å². The van der Waals surface area contributed by atoms with Gasteiger partial charge in [-0.05, 0) is 0 Å². The Balaban J connectivity index is 3.68. The molecule has 0 aliphatic carbocycles. The first kappa shape index (κ1) is 8.87. The van der Waals surface area contributed by atoms with Crippen LogP contribution in [0.1, 0.15) is 0 Å². The maximum absolute atomic E-state index is 9.93. The van der Waals surface area contributed by atoms with Crippen molar-refractivity contribution >= 4 is 16.5 Å². The van der Waals surface area contributed by atoms with Crippen LogP contribution in [0.4, 0.5) is 0 Å². The summed E-state index contributed by atoms with van der Waals surface area (Å²) in [6, 6.07) is 0. The second kappa shape index (κ2) is 3.81. The Morgan fingerprint density at radius 3 is 2.80 bits per heavy atom. The lowest BCUT2D eigenvalue weighted by molar-refractivity contribution is 0.484. The highest BCUT2D eigenvalue weighted by atomic mass is 32.2. The first-order chi connectivity index (χ1) is 4.56. The van der Waals surface area contributed by atoms with Gasteiger partial charge in [0.2, 0.25) is 0 Å². The van der Waals surface area contributed by atoms with Gasteiger partial charge < -0.3 is 0 Å². The summed E-state index contributed by atoms with van der Waals surface area (Å²) in [4.78, 5) is 3.14. The van der Waals surface area contributed by atoms with E-state index in [9.17, 15) is 8.42 Å². The summed E-state index contributed by atoms with van der Waals surface area (Å²) >= 11 is 0. The number of nitrogens with zero attached hydrogens (tertiary/aromatic N) is 2. The van der Waals surface area contributed by atoms with E-state index in [2.05, 4.69) is 4.99 Å². The van der Waals surface area contributed by atoms with Gasteiger partial charge in [-0.25, -0.2) is 0 Å². The lowest BCUT2D eigenvalue weighted by Gasteiger charge is -1.86. The van der Waals surface area contributed by atoms with E-state index in [1.165, 1.54) is 6.19 Å². The van der Waals surface area contributed by atoms with E-state index in [-0.39, 0.29) is 0 Å². The predicted molar refractivity (Wildman–Crippen MR) is 33.7 cm³/mol. The fourth-order valence-electron chi connectivity index (χ4n) is 0.206. The molecular formula is C3H5N3O3S. The van der Waals surface area contributed by atoms with Crippen molar-refractivity contribution in [1.29, 1.82) is 5.26 Å². The number of nitrogens with one attached hydrogen (secondary N) is 1. The highest BCUT2D eigenvalue weighted by Crippen LogP contribution is 1.79. The number of nitriles is 1. The minimum absolute atomic E-state index is 0.734. The maximum Gasteiger partial charge on any atom is 0.285 e. The van der Waals surface area contributed by atoms with Crippen LogP contribution in [0.3, 0.4) is 0 Å². The van der Waals surface area contributed by atoms with Crippen LogP contribution in [0.15, 0.2) is 4.99 Å². The highest BCUT2D eigenvalue weighted by Gasteiger charge is 1.98.